The third kappa shape index (κ3) is 5.32. The maximum absolute atomic E-state index is 12.1. The molecule has 1 N–H and O–H groups in total. The molecule has 0 bridgehead atoms. The highest BCUT2D eigenvalue weighted by molar-refractivity contribution is 7.90. The molecule has 0 radical (unpaired) electrons. The van der Waals surface area contributed by atoms with Crippen molar-refractivity contribution < 1.29 is 13.2 Å². The van der Waals surface area contributed by atoms with E-state index in [0.717, 1.165) is 24.1 Å². The number of hydrogen-bond donors (Lipinski definition) is 1. The maximum Gasteiger partial charge on any atom is 0.154 e. The lowest BCUT2D eigenvalue weighted by atomic mass is 10.1. The molecule has 0 aliphatic heterocycles. The van der Waals surface area contributed by atoms with Gasteiger partial charge in [-0.2, -0.15) is 0 Å². The van der Waals surface area contributed by atoms with Gasteiger partial charge in [0.25, 0.3) is 0 Å². The number of nitrogens with one attached hydrogen (secondary N) is 1. The Balaban J connectivity index is 2.08. The number of unbranched alkanes of at least 4 members (excludes halogenated alkanes) is 1. The van der Waals surface area contributed by atoms with Gasteiger partial charge < -0.3 is 10.1 Å². The fraction of sp³-hybridized carbons (Fsp3) is 0.625. The lowest BCUT2D eigenvalue weighted by Crippen LogP contribution is -2.16. The lowest BCUT2D eigenvalue weighted by Gasteiger charge is -2.12. The molecule has 1 saturated carbocycles. The second-order valence-corrected chi connectivity index (χ2v) is 7.93. The van der Waals surface area contributed by atoms with Crippen LogP contribution in [0.4, 0.5) is 0 Å². The molecule has 0 saturated heterocycles. The summed E-state index contributed by atoms with van der Waals surface area (Å²) >= 11 is 0. The molecule has 1 aliphatic carbocycles. The quantitative estimate of drug-likeness (QED) is 0.762. The first kappa shape index (κ1) is 16.3. The van der Waals surface area contributed by atoms with E-state index in [-0.39, 0.29) is 11.5 Å². The molecule has 1 aliphatic rings. The Hall–Kier alpha value is -1.07. The zero-order chi connectivity index (χ0) is 15.3. The van der Waals surface area contributed by atoms with Gasteiger partial charge in [0.1, 0.15) is 5.75 Å². The zero-order valence-electron chi connectivity index (χ0n) is 12.9. The van der Waals surface area contributed by atoms with Gasteiger partial charge in [-0.15, -0.1) is 0 Å². The minimum Gasteiger partial charge on any atom is -0.496 e. The number of methoxy groups -OCH3 is 1. The van der Waals surface area contributed by atoms with Crippen LogP contribution in [0.2, 0.25) is 0 Å². The summed E-state index contributed by atoms with van der Waals surface area (Å²) in [7, 11) is -1.48. The first-order valence-corrected chi connectivity index (χ1v) is 9.46. The summed E-state index contributed by atoms with van der Waals surface area (Å²) in [6, 6.07) is 6.46. The molecule has 118 valence electrons. The van der Waals surface area contributed by atoms with Crippen LogP contribution in [0.5, 0.6) is 5.75 Å². The molecule has 0 amide bonds. The standard InChI is InChI=1S/C16H25NO3S/c1-3-4-9-21(18,19)12-14-10-13(5-8-16(14)20-2)11-17-15-6-7-15/h5,8,10,15,17H,3-4,6-7,9,11-12H2,1-2H3. The summed E-state index contributed by atoms with van der Waals surface area (Å²) in [5.41, 5.74) is 1.88. The van der Waals surface area contributed by atoms with Crippen molar-refractivity contribution in [2.75, 3.05) is 12.9 Å². The molecule has 1 fully saturated rings. The number of benzene rings is 1. The molecule has 1 aromatic rings. The van der Waals surface area contributed by atoms with E-state index in [1.54, 1.807) is 7.11 Å². The molecule has 21 heavy (non-hydrogen) atoms. The van der Waals surface area contributed by atoms with E-state index in [1.807, 2.05) is 25.1 Å². The highest BCUT2D eigenvalue weighted by atomic mass is 32.2. The predicted molar refractivity (Wildman–Crippen MR) is 85.3 cm³/mol. The molecule has 4 nitrogen and oxygen atoms in total. The molecule has 0 heterocycles. The summed E-state index contributed by atoms with van der Waals surface area (Å²) in [5, 5.41) is 3.44. The van der Waals surface area contributed by atoms with Crippen molar-refractivity contribution in [3.8, 4) is 5.75 Å². The normalized spacial score (nSPS) is 15.1. The van der Waals surface area contributed by atoms with Crippen molar-refractivity contribution >= 4 is 9.84 Å². The second kappa shape index (κ2) is 7.27. The fourth-order valence-corrected chi connectivity index (χ4v) is 3.85. The van der Waals surface area contributed by atoms with Gasteiger partial charge in [-0.3, -0.25) is 0 Å². The highest BCUT2D eigenvalue weighted by Crippen LogP contribution is 2.24. The van der Waals surface area contributed by atoms with E-state index in [2.05, 4.69) is 5.32 Å². The second-order valence-electron chi connectivity index (χ2n) is 5.75. The Morgan fingerprint density at radius 2 is 2.10 bits per heavy atom. The monoisotopic (exact) mass is 311 g/mol. The van der Waals surface area contributed by atoms with Crippen LogP contribution in [0.15, 0.2) is 18.2 Å². The number of hydrogen-bond acceptors (Lipinski definition) is 4. The highest BCUT2D eigenvalue weighted by Gasteiger charge is 2.20. The Bertz CT molecular complexity index is 565. The van der Waals surface area contributed by atoms with Gasteiger partial charge >= 0.3 is 0 Å². The van der Waals surface area contributed by atoms with Gasteiger partial charge in [0.15, 0.2) is 9.84 Å². The van der Waals surface area contributed by atoms with Crippen LogP contribution in [0.3, 0.4) is 0 Å². The fourth-order valence-electron chi connectivity index (χ4n) is 2.28. The van der Waals surface area contributed by atoms with Gasteiger partial charge in [0.2, 0.25) is 0 Å². The van der Waals surface area contributed by atoms with E-state index < -0.39 is 9.84 Å². The molecule has 2 rings (SSSR count). The average Bonchev–Trinajstić information content (AvgIpc) is 3.27. The van der Waals surface area contributed by atoms with Gasteiger partial charge in [0, 0.05) is 18.2 Å². The smallest absolute Gasteiger partial charge is 0.154 e. The number of ether oxygens (including phenoxy) is 1. The number of sulfone groups is 1. The van der Waals surface area contributed by atoms with Gasteiger partial charge in [-0.05, 0) is 37.0 Å². The van der Waals surface area contributed by atoms with Crippen molar-refractivity contribution in [2.45, 2.75) is 50.9 Å². The largest absolute Gasteiger partial charge is 0.496 e. The number of rotatable bonds is 9. The van der Waals surface area contributed by atoms with Crippen LogP contribution in [-0.2, 0) is 22.1 Å². The summed E-state index contributed by atoms with van der Waals surface area (Å²) < 4.78 is 29.6. The van der Waals surface area contributed by atoms with Crippen molar-refractivity contribution in [1.29, 1.82) is 0 Å². The van der Waals surface area contributed by atoms with E-state index >= 15 is 0 Å². The van der Waals surface area contributed by atoms with E-state index in [4.69, 9.17) is 4.74 Å². The Kier molecular flexibility index (Phi) is 5.65. The Morgan fingerprint density at radius 3 is 2.71 bits per heavy atom. The van der Waals surface area contributed by atoms with Crippen molar-refractivity contribution in [2.24, 2.45) is 0 Å². The molecule has 0 aromatic heterocycles. The van der Waals surface area contributed by atoms with Crippen molar-refractivity contribution in [3.63, 3.8) is 0 Å². The molecule has 1 aromatic carbocycles. The minimum absolute atomic E-state index is 0.0629. The van der Waals surface area contributed by atoms with Gasteiger partial charge in [-0.1, -0.05) is 19.4 Å². The third-order valence-corrected chi connectivity index (χ3v) is 5.36. The van der Waals surface area contributed by atoms with E-state index in [1.165, 1.54) is 12.8 Å². The molecule has 0 atom stereocenters. The lowest BCUT2D eigenvalue weighted by molar-refractivity contribution is 0.410. The molecule has 5 heteroatoms. The third-order valence-electron chi connectivity index (χ3n) is 3.70. The summed E-state index contributed by atoms with van der Waals surface area (Å²) in [4.78, 5) is 0. The van der Waals surface area contributed by atoms with Crippen LogP contribution in [0, 0.1) is 0 Å². The summed E-state index contributed by atoms with van der Waals surface area (Å²) in [6.45, 7) is 2.79. The average molecular weight is 311 g/mol. The minimum atomic E-state index is -3.07. The van der Waals surface area contributed by atoms with Crippen LogP contribution >= 0.6 is 0 Å². The van der Waals surface area contributed by atoms with E-state index in [0.29, 0.717) is 18.2 Å². The van der Waals surface area contributed by atoms with Gasteiger partial charge in [0.05, 0.1) is 18.6 Å². The van der Waals surface area contributed by atoms with Crippen molar-refractivity contribution in [3.05, 3.63) is 29.3 Å². The first-order valence-electron chi connectivity index (χ1n) is 7.63. The van der Waals surface area contributed by atoms with Gasteiger partial charge in [-0.25, -0.2) is 8.42 Å². The molecular formula is C16H25NO3S. The maximum atomic E-state index is 12.1. The first-order chi connectivity index (χ1) is 10.0. The van der Waals surface area contributed by atoms with Crippen LogP contribution in [-0.4, -0.2) is 27.3 Å². The topological polar surface area (TPSA) is 55.4 Å². The zero-order valence-corrected chi connectivity index (χ0v) is 13.7. The summed E-state index contributed by atoms with van der Waals surface area (Å²) in [5.74, 6) is 0.968. The SMILES string of the molecule is CCCCS(=O)(=O)Cc1cc(CNC2CC2)ccc1OC. The predicted octanol–water partition coefficient (Wildman–Crippen LogP) is 2.66. The summed E-state index contributed by atoms with van der Waals surface area (Å²) in [6.07, 6.45) is 4.10. The Labute approximate surface area is 127 Å². The Morgan fingerprint density at radius 1 is 1.33 bits per heavy atom. The molecular weight excluding hydrogens is 286 g/mol. The van der Waals surface area contributed by atoms with E-state index in [9.17, 15) is 8.42 Å². The molecule has 0 unspecified atom stereocenters. The van der Waals surface area contributed by atoms with Crippen LogP contribution < -0.4 is 10.1 Å². The van der Waals surface area contributed by atoms with Crippen LogP contribution in [0.1, 0.15) is 43.7 Å². The molecule has 0 spiro atoms. The van der Waals surface area contributed by atoms with Crippen molar-refractivity contribution in [1.82, 2.24) is 5.32 Å². The van der Waals surface area contributed by atoms with Crippen LogP contribution in [0.25, 0.3) is 0 Å².